The quantitative estimate of drug-likeness (QED) is 0.475. The van der Waals surface area contributed by atoms with Crippen molar-refractivity contribution in [3.05, 3.63) is 72.2 Å². The van der Waals surface area contributed by atoms with Crippen molar-refractivity contribution in [2.24, 2.45) is 5.92 Å². The zero-order valence-corrected chi connectivity index (χ0v) is 23.4. The predicted octanol–water partition coefficient (Wildman–Crippen LogP) is 2.94. The van der Waals surface area contributed by atoms with Crippen molar-refractivity contribution in [1.82, 2.24) is 24.6 Å². The van der Waals surface area contributed by atoms with Gasteiger partial charge < -0.3 is 9.80 Å². The highest BCUT2D eigenvalue weighted by Gasteiger charge is 2.39. The lowest BCUT2D eigenvalue weighted by Gasteiger charge is -2.35. The predicted molar refractivity (Wildman–Crippen MR) is 150 cm³/mol. The molecule has 3 aromatic heterocycles. The van der Waals surface area contributed by atoms with Gasteiger partial charge in [-0.1, -0.05) is 13.0 Å². The van der Waals surface area contributed by atoms with Crippen LogP contribution in [0.4, 0.5) is 11.6 Å². The monoisotopic (exact) mass is 549 g/mol. The van der Waals surface area contributed by atoms with E-state index in [1.165, 1.54) is 11.6 Å². The van der Waals surface area contributed by atoms with E-state index in [1.54, 1.807) is 42.9 Å². The lowest BCUT2D eigenvalue weighted by atomic mass is 9.97. The Labute approximate surface area is 230 Å². The summed E-state index contributed by atoms with van der Waals surface area (Å²) in [5, 5.41) is -0.187. The SMILES string of the molecule is CC1CN(c2ncccc2C(=O)NS(=O)(=O)c2cccc(N3CCN(Cc4ccncc4)CC3)n2)C(C)(C)C1. The Kier molecular flexibility index (Phi) is 7.55. The number of pyridine rings is 3. The number of rotatable bonds is 7. The molecule has 0 aliphatic carbocycles. The summed E-state index contributed by atoms with van der Waals surface area (Å²) in [5.41, 5.74) is 1.24. The summed E-state index contributed by atoms with van der Waals surface area (Å²) in [5.74, 6) is 0.783. The maximum absolute atomic E-state index is 13.3. The molecule has 5 heterocycles. The number of hydrogen-bond donors (Lipinski definition) is 1. The number of carbonyl (C=O) groups excluding carboxylic acids is 1. The molecule has 10 nitrogen and oxygen atoms in total. The lowest BCUT2D eigenvalue weighted by Crippen LogP contribution is -2.46. The van der Waals surface area contributed by atoms with Crippen LogP contribution in [0.2, 0.25) is 0 Å². The summed E-state index contributed by atoms with van der Waals surface area (Å²) in [6.07, 6.45) is 6.17. The Morgan fingerprint density at radius 2 is 1.77 bits per heavy atom. The van der Waals surface area contributed by atoms with Gasteiger partial charge in [0.2, 0.25) is 0 Å². The largest absolute Gasteiger partial charge is 0.354 e. The van der Waals surface area contributed by atoms with E-state index in [0.29, 0.717) is 17.6 Å². The van der Waals surface area contributed by atoms with Crippen LogP contribution in [-0.2, 0) is 16.6 Å². The van der Waals surface area contributed by atoms with E-state index >= 15 is 0 Å². The van der Waals surface area contributed by atoms with E-state index in [-0.39, 0.29) is 16.1 Å². The first-order valence-corrected chi connectivity index (χ1v) is 14.7. The summed E-state index contributed by atoms with van der Waals surface area (Å²) in [6.45, 7) is 11.1. The Hall–Kier alpha value is -3.57. The van der Waals surface area contributed by atoms with Gasteiger partial charge in [-0.15, -0.1) is 0 Å². The van der Waals surface area contributed by atoms with Crippen LogP contribution in [0.3, 0.4) is 0 Å². The molecule has 0 radical (unpaired) electrons. The molecule has 11 heteroatoms. The van der Waals surface area contributed by atoms with Crippen LogP contribution in [0.1, 0.15) is 43.1 Å². The molecule has 39 heavy (non-hydrogen) atoms. The number of carbonyl (C=O) groups is 1. The molecule has 1 atom stereocenters. The van der Waals surface area contributed by atoms with Gasteiger partial charge in [0.05, 0.1) is 5.56 Å². The first-order chi connectivity index (χ1) is 18.6. The highest BCUT2D eigenvalue weighted by Crippen LogP contribution is 2.37. The Bertz CT molecular complexity index is 1420. The van der Waals surface area contributed by atoms with Crippen LogP contribution in [0, 0.1) is 5.92 Å². The fourth-order valence-corrected chi connectivity index (χ4v) is 6.52. The fraction of sp³-hybridized carbons (Fsp3) is 0.429. The molecule has 1 unspecified atom stereocenters. The molecule has 3 aromatic rings. The third-order valence-corrected chi connectivity index (χ3v) is 8.66. The van der Waals surface area contributed by atoms with Crippen LogP contribution in [0.5, 0.6) is 0 Å². The molecule has 2 aliphatic rings. The number of piperazine rings is 1. The molecule has 2 saturated heterocycles. The van der Waals surface area contributed by atoms with Crippen molar-refractivity contribution in [1.29, 1.82) is 0 Å². The molecule has 0 spiro atoms. The summed E-state index contributed by atoms with van der Waals surface area (Å²) in [6, 6.07) is 12.2. The number of anilines is 2. The van der Waals surface area contributed by atoms with E-state index in [0.717, 1.165) is 45.7 Å². The number of nitrogens with zero attached hydrogens (tertiary/aromatic N) is 6. The summed E-state index contributed by atoms with van der Waals surface area (Å²) in [7, 11) is -4.20. The van der Waals surface area contributed by atoms with Crippen LogP contribution in [-0.4, -0.2) is 72.4 Å². The van der Waals surface area contributed by atoms with Gasteiger partial charge >= 0.3 is 0 Å². The lowest BCUT2D eigenvalue weighted by molar-refractivity contribution is 0.0981. The molecule has 2 aliphatic heterocycles. The number of sulfonamides is 1. The van der Waals surface area contributed by atoms with Gasteiger partial charge in [0.15, 0.2) is 5.03 Å². The summed E-state index contributed by atoms with van der Waals surface area (Å²) < 4.78 is 28.7. The normalized spacial score (nSPS) is 19.7. The Morgan fingerprint density at radius 3 is 2.46 bits per heavy atom. The molecule has 1 amide bonds. The van der Waals surface area contributed by atoms with Gasteiger partial charge in [0, 0.05) is 63.4 Å². The van der Waals surface area contributed by atoms with Gasteiger partial charge in [0.1, 0.15) is 11.6 Å². The van der Waals surface area contributed by atoms with Gasteiger partial charge in [-0.25, -0.2) is 14.7 Å². The number of amides is 1. The molecule has 0 bridgehead atoms. The molecular weight excluding hydrogens is 514 g/mol. The fourth-order valence-electron chi connectivity index (χ4n) is 5.59. The first-order valence-electron chi connectivity index (χ1n) is 13.3. The number of nitrogens with one attached hydrogen (secondary N) is 1. The molecule has 206 valence electrons. The van der Waals surface area contributed by atoms with E-state index in [1.807, 2.05) is 12.1 Å². The van der Waals surface area contributed by atoms with Crippen molar-refractivity contribution in [2.75, 3.05) is 42.5 Å². The molecular formula is C28H35N7O3S. The third kappa shape index (κ3) is 6.04. The van der Waals surface area contributed by atoms with Crippen molar-refractivity contribution in [3.8, 4) is 0 Å². The Morgan fingerprint density at radius 1 is 1.03 bits per heavy atom. The van der Waals surface area contributed by atoms with Crippen LogP contribution < -0.4 is 14.5 Å². The first kappa shape index (κ1) is 27.0. The van der Waals surface area contributed by atoms with Crippen molar-refractivity contribution >= 4 is 27.6 Å². The van der Waals surface area contributed by atoms with E-state index in [2.05, 4.69) is 55.1 Å². The second-order valence-electron chi connectivity index (χ2n) is 11.0. The molecule has 0 saturated carbocycles. The number of aromatic nitrogens is 3. The minimum Gasteiger partial charge on any atom is -0.354 e. The van der Waals surface area contributed by atoms with Crippen molar-refractivity contribution < 1.29 is 13.2 Å². The smallest absolute Gasteiger partial charge is 0.281 e. The van der Waals surface area contributed by atoms with Crippen LogP contribution in [0.25, 0.3) is 0 Å². The zero-order chi connectivity index (χ0) is 27.6. The Balaban J connectivity index is 1.28. The number of hydrogen-bond acceptors (Lipinski definition) is 9. The van der Waals surface area contributed by atoms with Crippen molar-refractivity contribution in [3.63, 3.8) is 0 Å². The molecule has 2 fully saturated rings. The van der Waals surface area contributed by atoms with Gasteiger partial charge in [-0.3, -0.25) is 14.7 Å². The van der Waals surface area contributed by atoms with Gasteiger partial charge in [0.25, 0.3) is 15.9 Å². The average Bonchev–Trinajstić information content (AvgIpc) is 3.21. The minimum absolute atomic E-state index is 0.187. The average molecular weight is 550 g/mol. The minimum atomic E-state index is -4.20. The third-order valence-electron chi connectivity index (χ3n) is 7.42. The van der Waals surface area contributed by atoms with Crippen LogP contribution >= 0.6 is 0 Å². The van der Waals surface area contributed by atoms with Gasteiger partial charge in [-0.05, 0) is 68.1 Å². The maximum Gasteiger partial charge on any atom is 0.281 e. The zero-order valence-electron chi connectivity index (χ0n) is 22.6. The second kappa shape index (κ2) is 10.9. The second-order valence-corrected chi connectivity index (χ2v) is 12.6. The summed E-state index contributed by atoms with van der Waals surface area (Å²) >= 11 is 0. The van der Waals surface area contributed by atoms with E-state index < -0.39 is 15.9 Å². The van der Waals surface area contributed by atoms with Gasteiger partial charge in [-0.2, -0.15) is 8.42 Å². The standard InChI is InChI=1S/C28H35N7O3S/c1-21-18-28(2,3)35(19-21)26-23(6-5-11-30-26)27(36)32-39(37,38)25-8-4-7-24(31-25)34-16-14-33(15-17-34)20-22-9-12-29-13-10-22/h4-13,21H,14-20H2,1-3H3,(H,32,36). The van der Waals surface area contributed by atoms with E-state index in [4.69, 9.17) is 0 Å². The highest BCUT2D eigenvalue weighted by molar-refractivity contribution is 7.90. The highest BCUT2D eigenvalue weighted by atomic mass is 32.2. The summed E-state index contributed by atoms with van der Waals surface area (Å²) in [4.78, 5) is 32.7. The van der Waals surface area contributed by atoms with Crippen LogP contribution in [0.15, 0.2) is 66.1 Å². The molecule has 0 aromatic carbocycles. The van der Waals surface area contributed by atoms with E-state index in [9.17, 15) is 13.2 Å². The maximum atomic E-state index is 13.3. The van der Waals surface area contributed by atoms with Crippen molar-refractivity contribution in [2.45, 2.75) is 44.3 Å². The molecule has 1 N–H and O–H groups in total. The topological polar surface area (TPSA) is 112 Å². The molecule has 5 rings (SSSR count).